The predicted octanol–water partition coefficient (Wildman–Crippen LogP) is 3.32. The molecule has 1 aliphatic heterocycles. The number of aromatic amines is 1. The lowest BCUT2D eigenvalue weighted by atomic mass is 10.0. The number of terminal acetylenes is 1. The normalized spacial score (nSPS) is 17.0. The van der Waals surface area contributed by atoms with Crippen molar-refractivity contribution in [1.29, 1.82) is 0 Å². The number of H-pyrrole nitrogens is 1. The van der Waals surface area contributed by atoms with Crippen LogP contribution < -0.4 is 10.1 Å². The molecule has 3 rings (SSSR count). The van der Waals surface area contributed by atoms with E-state index in [2.05, 4.69) is 21.2 Å². The molecule has 2 N–H and O–H groups in total. The van der Waals surface area contributed by atoms with Gasteiger partial charge in [0.05, 0.1) is 11.7 Å². The van der Waals surface area contributed by atoms with Crippen LogP contribution in [0.25, 0.3) is 0 Å². The summed E-state index contributed by atoms with van der Waals surface area (Å²) in [6.45, 7) is 0.615. The number of imidazole rings is 1. The van der Waals surface area contributed by atoms with E-state index in [9.17, 15) is 9.18 Å². The Labute approximate surface area is 145 Å². The third-order valence-electron chi connectivity index (χ3n) is 4.09. The van der Waals surface area contributed by atoms with Crippen molar-refractivity contribution in [1.82, 2.24) is 14.9 Å². The summed E-state index contributed by atoms with van der Waals surface area (Å²) in [6, 6.07) is 3.54. The van der Waals surface area contributed by atoms with Crippen molar-refractivity contribution >= 4 is 11.7 Å². The molecule has 0 saturated carbocycles. The summed E-state index contributed by atoms with van der Waals surface area (Å²) in [6.07, 6.45) is 11.4. The van der Waals surface area contributed by atoms with Gasteiger partial charge in [0.2, 0.25) is 0 Å². The van der Waals surface area contributed by atoms with Crippen LogP contribution in [0.2, 0.25) is 0 Å². The van der Waals surface area contributed by atoms with Crippen molar-refractivity contribution in [2.45, 2.75) is 25.3 Å². The molecule has 2 amide bonds. The maximum absolute atomic E-state index is 13.4. The van der Waals surface area contributed by atoms with Gasteiger partial charge in [-0.1, -0.05) is 5.92 Å². The summed E-state index contributed by atoms with van der Waals surface area (Å²) in [5, 5.41) is 2.79. The van der Waals surface area contributed by atoms with Crippen molar-refractivity contribution < 1.29 is 13.9 Å². The maximum atomic E-state index is 13.4. The van der Waals surface area contributed by atoms with Gasteiger partial charge in [-0.25, -0.2) is 14.2 Å². The minimum Gasteiger partial charge on any atom is -0.479 e. The fourth-order valence-corrected chi connectivity index (χ4v) is 2.94. The monoisotopic (exact) mass is 342 g/mol. The van der Waals surface area contributed by atoms with Gasteiger partial charge >= 0.3 is 6.03 Å². The molecule has 6 nitrogen and oxygen atoms in total. The van der Waals surface area contributed by atoms with Crippen LogP contribution in [0.3, 0.4) is 0 Å². The van der Waals surface area contributed by atoms with Crippen LogP contribution in [0.15, 0.2) is 30.6 Å². The number of nitrogens with zero attached hydrogens (tertiary/aromatic N) is 2. The van der Waals surface area contributed by atoms with Gasteiger partial charge < -0.3 is 19.9 Å². The number of carbonyl (C=O) groups excluding carboxylic acids is 1. The number of ether oxygens (including phenoxy) is 1. The van der Waals surface area contributed by atoms with Crippen molar-refractivity contribution in [2.24, 2.45) is 0 Å². The molecule has 0 aliphatic carbocycles. The second-order valence-corrected chi connectivity index (χ2v) is 5.74. The van der Waals surface area contributed by atoms with E-state index >= 15 is 0 Å². The number of benzene rings is 1. The summed E-state index contributed by atoms with van der Waals surface area (Å²) >= 11 is 0. The average molecular weight is 342 g/mol. The lowest BCUT2D eigenvalue weighted by Gasteiger charge is -2.34. The van der Waals surface area contributed by atoms with Gasteiger partial charge in [0.1, 0.15) is 24.0 Å². The Hall–Kier alpha value is -3.01. The molecule has 0 unspecified atom stereocenters. The summed E-state index contributed by atoms with van der Waals surface area (Å²) in [5.41, 5.74) is 0.380. The smallest absolute Gasteiger partial charge is 0.322 e. The highest BCUT2D eigenvalue weighted by Crippen LogP contribution is 2.31. The molecule has 0 spiro atoms. The highest BCUT2D eigenvalue weighted by Gasteiger charge is 2.30. The SMILES string of the molecule is C#CCOc1cc(F)ccc1NC(=O)N1CCCC[C@@H]1c1ncc[nH]1. The van der Waals surface area contributed by atoms with E-state index in [1.807, 2.05) is 0 Å². The lowest BCUT2D eigenvalue weighted by molar-refractivity contribution is 0.159. The quantitative estimate of drug-likeness (QED) is 0.838. The minimum absolute atomic E-state index is 0.00887. The van der Waals surface area contributed by atoms with Crippen LogP contribution in [0.5, 0.6) is 5.75 Å². The fourth-order valence-electron chi connectivity index (χ4n) is 2.94. The zero-order valence-electron chi connectivity index (χ0n) is 13.7. The number of carbonyl (C=O) groups is 1. The fraction of sp³-hybridized carbons (Fsp3) is 0.333. The number of amides is 2. The van der Waals surface area contributed by atoms with Gasteiger partial charge in [-0.3, -0.25) is 0 Å². The largest absolute Gasteiger partial charge is 0.479 e. The summed E-state index contributed by atoms with van der Waals surface area (Å²) < 4.78 is 18.8. The van der Waals surface area contributed by atoms with Crippen molar-refractivity contribution in [3.8, 4) is 18.1 Å². The third-order valence-corrected chi connectivity index (χ3v) is 4.09. The molecule has 1 aromatic heterocycles. The molecule has 2 aromatic rings. The van der Waals surface area contributed by atoms with Gasteiger partial charge in [-0.2, -0.15) is 0 Å². The molecular weight excluding hydrogens is 323 g/mol. The molecule has 0 bridgehead atoms. The summed E-state index contributed by atoms with van der Waals surface area (Å²) in [4.78, 5) is 21.8. The molecule has 25 heavy (non-hydrogen) atoms. The van der Waals surface area contributed by atoms with E-state index in [0.29, 0.717) is 12.2 Å². The number of hydrogen-bond donors (Lipinski definition) is 2. The molecule has 1 fully saturated rings. The van der Waals surface area contributed by atoms with E-state index in [-0.39, 0.29) is 24.4 Å². The molecule has 0 radical (unpaired) electrons. The molecule has 1 aromatic carbocycles. The lowest BCUT2D eigenvalue weighted by Crippen LogP contribution is -2.41. The Kier molecular flexibility index (Phi) is 5.19. The highest BCUT2D eigenvalue weighted by molar-refractivity contribution is 5.91. The van der Waals surface area contributed by atoms with E-state index in [4.69, 9.17) is 11.2 Å². The minimum atomic E-state index is -0.462. The predicted molar refractivity (Wildman–Crippen MR) is 91.6 cm³/mol. The van der Waals surface area contributed by atoms with E-state index in [1.165, 1.54) is 18.2 Å². The number of anilines is 1. The molecule has 2 heterocycles. The first-order valence-electron chi connectivity index (χ1n) is 8.11. The number of rotatable bonds is 4. The maximum Gasteiger partial charge on any atom is 0.322 e. The van der Waals surface area contributed by atoms with Crippen LogP contribution in [0.4, 0.5) is 14.9 Å². The van der Waals surface area contributed by atoms with Crippen LogP contribution >= 0.6 is 0 Å². The molecule has 1 atom stereocenters. The first-order valence-corrected chi connectivity index (χ1v) is 8.11. The number of halogens is 1. The summed E-state index contributed by atoms with van der Waals surface area (Å²) in [5.74, 6) is 2.83. The second kappa shape index (κ2) is 7.71. The van der Waals surface area contributed by atoms with Gasteiger partial charge in [0.15, 0.2) is 0 Å². The zero-order chi connectivity index (χ0) is 17.6. The van der Waals surface area contributed by atoms with Crippen LogP contribution in [-0.4, -0.2) is 34.1 Å². The Morgan fingerprint density at radius 3 is 3.16 bits per heavy atom. The van der Waals surface area contributed by atoms with E-state index in [1.54, 1.807) is 17.3 Å². The topological polar surface area (TPSA) is 70.2 Å². The molecular formula is C18H19FN4O2. The number of piperidine rings is 1. The van der Waals surface area contributed by atoms with E-state index in [0.717, 1.165) is 25.1 Å². The second-order valence-electron chi connectivity index (χ2n) is 5.74. The van der Waals surface area contributed by atoms with Gasteiger partial charge in [-0.05, 0) is 31.4 Å². The number of likely N-dealkylation sites (tertiary alicyclic amines) is 1. The van der Waals surface area contributed by atoms with Gasteiger partial charge in [-0.15, -0.1) is 6.42 Å². The summed E-state index contributed by atoms with van der Waals surface area (Å²) in [7, 11) is 0. The van der Waals surface area contributed by atoms with Crippen molar-refractivity contribution in [2.75, 3.05) is 18.5 Å². The molecule has 7 heteroatoms. The van der Waals surface area contributed by atoms with E-state index < -0.39 is 5.82 Å². The third kappa shape index (κ3) is 3.91. The Morgan fingerprint density at radius 2 is 2.40 bits per heavy atom. The zero-order valence-corrected chi connectivity index (χ0v) is 13.7. The number of urea groups is 1. The number of nitrogens with one attached hydrogen (secondary N) is 2. The average Bonchev–Trinajstić information content (AvgIpc) is 3.16. The Morgan fingerprint density at radius 1 is 1.52 bits per heavy atom. The molecule has 130 valence electrons. The highest BCUT2D eigenvalue weighted by atomic mass is 19.1. The first kappa shape index (κ1) is 16.8. The van der Waals surface area contributed by atoms with Gasteiger partial charge in [0.25, 0.3) is 0 Å². The van der Waals surface area contributed by atoms with Crippen LogP contribution in [-0.2, 0) is 0 Å². The Bertz CT molecular complexity index is 770. The van der Waals surface area contributed by atoms with Crippen molar-refractivity contribution in [3.63, 3.8) is 0 Å². The first-order chi connectivity index (χ1) is 12.2. The van der Waals surface area contributed by atoms with Crippen molar-refractivity contribution in [3.05, 3.63) is 42.2 Å². The molecule has 1 saturated heterocycles. The van der Waals surface area contributed by atoms with Crippen LogP contribution in [0.1, 0.15) is 31.1 Å². The number of aromatic nitrogens is 2. The van der Waals surface area contributed by atoms with Crippen LogP contribution in [0, 0.1) is 18.2 Å². The molecule has 1 aliphatic rings. The number of hydrogen-bond acceptors (Lipinski definition) is 3. The van der Waals surface area contributed by atoms with Gasteiger partial charge in [0, 0.05) is 25.0 Å². The standard InChI is InChI=1S/C18H19FN4O2/c1-2-11-25-16-12-13(19)6-7-14(16)22-18(24)23-10-4-3-5-15(23)17-20-8-9-21-17/h1,6-9,12,15H,3-5,10-11H2,(H,20,21)(H,22,24)/t15-/m1/s1. The Balaban J connectivity index is 1.78.